The van der Waals surface area contributed by atoms with Crippen molar-refractivity contribution >= 4 is 9.84 Å². The van der Waals surface area contributed by atoms with E-state index in [0.29, 0.717) is 11.1 Å². The van der Waals surface area contributed by atoms with Crippen LogP contribution in [0.25, 0.3) is 0 Å². The van der Waals surface area contributed by atoms with Gasteiger partial charge in [0.2, 0.25) is 0 Å². The zero-order chi connectivity index (χ0) is 15.0. The highest BCUT2D eigenvalue weighted by Crippen LogP contribution is 2.32. The van der Waals surface area contributed by atoms with Gasteiger partial charge in [0.05, 0.1) is 10.8 Å². The first-order valence-electron chi connectivity index (χ1n) is 5.56. The van der Waals surface area contributed by atoms with E-state index in [0.717, 1.165) is 18.4 Å². The Morgan fingerprint density at radius 1 is 1.26 bits per heavy atom. The maximum absolute atomic E-state index is 12.5. The molecular formula is C12H16F3NO2S. The van der Waals surface area contributed by atoms with Crippen molar-refractivity contribution in [1.82, 2.24) is 0 Å². The molecule has 0 fully saturated rings. The molecule has 7 heteroatoms. The second kappa shape index (κ2) is 5.13. The Hall–Kier alpha value is -1.08. The molecule has 0 aliphatic rings. The summed E-state index contributed by atoms with van der Waals surface area (Å²) in [6.45, 7) is 2.93. The summed E-state index contributed by atoms with van der Waals surface area (Å²) >= 11 is 0. The van der Waals surface area contributed by atoms with Crippen LogP contribution in [0.1, 0.15) is 29.7 Å². The highest BCUT2D eigenvalue weighted by atomic mass is 32.2. The van der Waals surface area contributed by atoms with Crippen molar-refractivity contribution in [2.45, 2.75) is 31.3 Å². The Balaban J connectivity index is 3.17. The summed E-state index contributed by atoms with van der Waals surface area (Å²) in [5.41, 5.74) is 5.79. The molecule has 0 aromatic heterocycles. The summed E-state index contributed by atoms with van der Waals surface area (Å²) < 4.78 is 60.4. The van der Waals surface area contributed by atoms with E-state index >= 15 is 0 Å². The van der Waals surface area contributed by atoms with Crippen molar-refractivity contribution in [3.05, 3.63) is 34.9 Å². The first-order valence-corrected chi connectivity index (χ1v) is 7.52. The van der Waals surface area contributed by atoms with Crippen LogP contribution in [-0.2, 0) is 16.0 Å². The molecule has 0 amide bonds. The number of nitrogens with two attached hydrogens (primary N) is 1. The average molecular weight is 295 g/mol. The van der Waals surface area contributed by atoms with Gasteiger partial charge in [0.15, 0.2) is 9.84 Å². The zero-order valence-corrected chi connectivity index (χ0v) is 11.6. The van der Waals surface area contributed by atoms with E-state index in [1.54, 1.807) is 0 Å². The summed E-state index contributed by atoms with van der Waals surface area (Å²) in [6.07, 6.45) is -3.37. The molecule has 2 atom stereocenters. The maximum Gasteiger partial charge on any atom is 0.416 e. The number of aryl methyl sites for hydroxylation is 1. The van der Waals surface area contributed by atoms with E-state index in [1.165, 1.54) is 19.9 Å². The molecule has 2 N–H and O–H groups in total. The molecule has 0 radical (unpaired) electrons. The molecule has 0 aliphatic carbocycles. The third-order valence-electron chi connectivity index (χ3n) is 3.14. The lowest BCUT2D eigenvalue weighted by molar-refractivity contribution is -0.137. The molecule has 0 saturated carbocycles. The van der Waals surface area contributed by atoms with Gasteiger partial charge in [0.25, 0.3) is 0 Å². The van der Waals surface area contributed by atoms with Crippen LogP contribution in [0.4, 0.5) is 13.2 Å². The third-order valence-corrected chi connectivity index (χ3v) is 4.78. The van der Waals surface area contributed by atoms with Gasteiger partial charge in [-0.15, -0.1) is 0 Å². The van der Waals surface area contributed by atoms with Gasteiger partial charge < -0.3 is 5.73 Å². The van der Waals surface area contributed by atoms with Crippen molar-refractivity contribution in [3.63, 3.8) is 0 Å². The van der Waals surface area contributed by atoms with E-state index in [9.17, 15) is 21.6 Å². The molecule has 0 bridgehead atoms. The molecule has 1 aromatic rings. The predicted molar refractivity (Wildman–Crippen MR) is 67.4 cm³/mol. The normalized spacial score (nSPS) is 16.2. The number of hydrogen-bond donors (Lipinski definition) is 1. The Kier molecular flexibility index (Phi) is 4.31. The molecule has 108 valence electrons. The molecule has 19 heavy (non-hydrogen) atoms. The predicted octanol–water partition coefficient (Wildman–Crippen LogP) is 2.45. The van der Waals surface area contributed by atoms with E-state index in [2.05, 4.69) is 0 Å². The molecule has 0 saturated heterocycles. The van der Waals surface area contributed by atoms with Crippen LogP contribution in [0.15, 0.2) is 18.2 Å². The van der Waals surface area contributed by atoms with Gasteiger partial charge in [0.1, 0.15) is 0 Å². The topological polar surface area (TPSA) is 60.2 Å². The van der Waals surface area contributed by atoms with Gasteiger partial charge in [-0.2, -0.15) is 13.2 Å². The zero-order valence-electron chi connectivity index (χ0n) is 10.8. The molecule has 1 aromatic carbocycles. The molecule has 2 unspecified atom stereocenters. The van der Waals surface area contributed by atoms with Gasteiger partial charge in [-0.25, -0.2) is 8.42 Å². The fourth-order valence-corrected chi connectivity index (χ4v) is 2.42. The monoisotopic (exact) mass is 295 g/mol. The summed E-state index contributed by atoms with van der Waals surface area (Å²) in [6, 6.07) is 2.28. The second-order valence-corrected chi connectivity index (χ2v) is 7.03. The maximum atomic E-state index is 12.5. The lowest BCUT2D eigenvalue weighted by Gasteiger charge is -2.21. The smallest absolute Gasteiger partial charge is 0.323 e. The lowest BCUT2D eigenvalue weighted by Crippen LogP contribution is -2.31. The van der Waals surface area contributed by atoms with Crippen LogP contribution in [0, 0.1) is 6.92 Å². The molecular weight excluding hydrogens is 279 g/mol. The summed E-state index contributed by atoms with van der Waals surface area (Å²) in [5, 5.41) is -0.858. The standard InChI is InChI=1S/C12H16F3NO2S/c1-7-6-9(12(13,14)15)4-5-10(7)11(16)8(2)19(3,17)18/h4-6,8,11H,16H2,1-3H3. The Morgan fingerprint density at radius 2 is 1.79 bits per heavy atom. The third kappa shape index (κ3) is 3.70. The second-order valence-electron chi connectivity index (χ2n) is 4.63. The highest BCUT2D eigenvalue weighted by molar-refractivity contribution is 7.91. The first-order chi connectivity index (χ1) is 8.44. The Morgan fingerprint density at radius 3 is 2.16 bits per heavy atom. The summed E-state index contributed by atoms with van der Waals surface area (Å²) in [5.74, 6) is 0. The quantitative estimate of drug-likeness (QED) is 0.931. The minimum Gasteiger partial charge on any atom is -0.323 e. The molecule has 0 heterocycles. The van der Waals surface area contributed by atoms with Crippen LogP contribution in [0.5, 0.6) is 0 Å². The van der Waals surface area contributed by atoms with Crippen LogP contribution in [0.3, 0.4) is 0 Å². The number of benzene rings is 1. The fraction of sp³-hybridized carbons (Fsp3) is 0.500. The Bertz CT molecular complexity index is 567. The van der Waals surface area contributed by atoms with E-state index in [1.807, 2.05) is 0 Å². The van der Waals surface area contributed by atoms with Crippen molar-refractivity contribution in [1.29, 1.82) is 0 Å². The lowest BCUT2D eigenvalue weighted by atomic mass is 9.97. The number of hydrogen-bond acceptors (Lipinski definition) is 3. The number of rotatable bonds is 3. The van der Waals surface area contributed by atoms with Gasteiger partial charge in [0, 0.05) is 12.3 Å². The molecule has 0 aliphatic heterocycles. The average Bonchev–Trinajstić information content (AvgIpc) is 2.24. The van der Waals surface area contributed by atoms with Gasteiger partial charge in [-0.1, -0.05) is 6.07 Å². The molecule has 0 spiro atoms. The summed E-state index contributed by atoms with van der Waals surface area (Å²) in [4.78, 5) is 0. The SMILES string of the molecule is Cc1cc(C(F)(F)F)ccc1C(N)C(C)S(C)(=O)=O. The number of halogens is 3. The highest BCUT2D eigenvalue weighted by Gasteiger charge is 2.32. The minimum atomic E-state index is -4.42. The number of alkyl halides is 3. The largest absolute Gasteiger partial charge is 0.416 e. The van der Waals surface area contributed by atoms with E-state index in [-0.39, 0.29) is 0 Å². The van der Waals surface area contributed by atoms with Crippen LogP contribution in [0.2, 0.25) is 0 Å². The first kappa shape index (κ1) is 16.0. The molecule has 3 nitrogen and oxygen atoms in total. The molecule has 1 rings (SSSR count). The summed E-state index contributed by atoms with van der Waals surface area (Å²) in [7, 11) is -3.35. The van der Waals surface area contributed by atoms with Gasteiger partial charge >= 0.3 is 6.18 Å². The van der Waals surface area contributed by atoms with E-state index in [4.69, 9.17) is 5.73 Å². The van der Waals surface area contributed by atoms with Crippen molar-refractivity contribution < 1.29 is 21.6 Å². The van der Waals surface area contributed by atoms with Crippen molar-refractivity contribution in [2.24, 2.45) is 5.73 Å². The van der Waals surface area contributed by atoms with E-state index < -0.39 is 32.9 Å². The number of sulfone groups is 1. The van der Waals surface area contributed by atoms with Crippen LogP contribution >= 0.6 is 0 Å². The van der Waals surface area contributed by atoms with Gasteiger partial charge in [-0.05, 0) is 37.1 Å². The van der Waals surface area contributed by atoms with Crippen molar-refractivity contribution in [2.75, 3.05) is 6.26 Å². The van der Waals surface area contributed by atoms with Crippen LogP contribution < -0.4 is 5.73 Å². The van der Waals surface area contributed by atoms with Crippen molar-refractivity contribution in [3.8, 4) is 0 Å². The van der Waals surface area contributed by atoms with Gasteiger partial charge in [-0.3, -0.25) is 0 Å². The minimum absolute atomic E-state index is 0.331. The Labute approximate surface area is 110 Å². The fourth-order valence-electron chi connectivity index (χ4n) is 1.75. The van der Waals surface area contributed by atoms with Crippen LogP contribution in [-0.4, -0.2) is 19.9 Å².